The molecule has 2 aromatic rings. The lowest BCUT2D eigenvalue weighted by atomic mass is 10.0. The summed E-state index contributed by atoms with van der Waals surface area (Å²) in [4.78, 5) is 11.0. The average Bonchev–Trinajstić information content (AvgIpc) is 2.50. The molecule has 0 aromatic heterocycles. The first-order chi connectivity index (χ1) is 9.63. The molecule has 0 bridgehead atoms. The van der Waals surface area contributed by atoms with Gasteiger partial charge in [-0.3, -0.25) is 0 Å². The van der Waals surface area contributed by atoms with Gasteiger partial charge in [0, 0.05) is 0 Å². The molecule has 0 aliphatic carbocycles. The number of hydrazone groups is 1. The monoisotopic (exact) mass is 272 g/mol. The van der Waals surface area contributed by atoms with Gasteiger partial charge in [-0.15, -0.1) is 0 Å². The quantitative estimate of drug-likeness (QED) is 0.690. The van der Waals surface area contributed by atoms with Crippen LogP contribution in [0.4, 0.5) is 4.79 Å². The summed E-state index contributed by atoms with van der Waals surface area (Å²) in [5.74, 6) is 0.822. The van der Waals surface area contributed by atoms with Crippen LogP contribution < -0.4 is 10.2 Å². The first-order valence-electron chi connectivity index (χ1n) is 6.10. The van der Waals surface area contributed by atoms with Crippen LogP contribution in [0.3, 0.4) is 0 Å². The van der Waals surface area contributed by atoms with Gasteiger partial charge >= 0.3 is 6.09 Å². The molecule has 0 heterocycles. The Balaban J connectivity index is 2.29. The van der Waals surface area contributed by atoms with E-state index in [0.717, 1.165) is 22.1 Å². The second-order valence-electron chi connectivity index (χ2n) is 4.23. The third kappa shape index (κ3) is 3.06. The van der Waals surface area contributed by atoms with Gasteiger partial charge in [0.1, 0.15) is 5.75 Å². The number of fused-ring (bicyclic) bond motifs is 1. The van der Waals surface area contributed by atoms with Gasteiger partial charge in [-0.05, 0) is 41.5 Å². The summed E-state index contributed by atoms with van der Waals surface area (Å²) >= 11 is 0. The Morgan fingerprint density at radius 2 is 1.80 bits per heavy atom. The van der Waals surface area contributed by atoms with E-state index >= 15 is 0 Å². The van der Waals surface area contributed by atoms with Crippen LogP contribution in [0.2, 0.25) is 0 Å². The van der Waals surface area contributed by atoms with Crippen molar-refractivity contribution in [2.75, 3.05) is 14.2 Å². The van der Waals surface area contributed by atoms with E-state index in [1.165, 1.54) is 7.11 Å². The molecule has 2 rings (SSSR count). The summed E-state index contributed by atoms with van der Waals surface area (Å²) in [6, 6.07) is 11.8. The van der Waals surface area contributed by atoms with Crippen molar-refractivity contribution >= 4 is 22.6 Å². The zero-order valence-electron chi connectivity index (χ0n) is 11.6. The number of hydrogen-bond donors (Lipinski definition) is 1. The lowest BCUT2D eigenvalue weighted by Gasteiger charge is -2.06. The molecule has 2 aromatic carbocycles. The van der Waals surface area contributed by atoms with Crippen molar-refractivity contribution in [3.8, 4) is 5.75 Å². The maximum Gasteiger partial charge on any atom is 0.427 e. The molecule has 0 atom stereocenters. The third-order valence-electron chi connectivity index (χ3n) is 2.97. The van der Waals surface area contributed by atoms with Crippen molar-refractivity contribution in [3.05, 3.63) is 42.0 Å². The number of carbonyl (C=O) groups is 1. The average molecular weight is 272 g/mol. The fourth-order valence-corrected chi connectivity index (χ4v) is 1.82. The summed E-state index contributed by atoms with van der Waals surface area (Å²) in [6.07, 6.45) is -0.588. The van der Waals surface area contributed by atoms with E-state index in [2.05, 4.69) is 15.3 Å². The predicted octanol–water partition coefficient (Wildman–Crippen LogP) is 2.93. The zero-order chi connectivity index (χ0) is 14.5. The SMILES string of the molecule is COC(=O)N/N=C(\C)c1ccc2cc(OC)ccc2c1. The van der Waals surface area contributed by atoms with Gasteiger partial charge in [0.25, 0.3) is 0 Å². The summed E-state index contributed by atoms with van der Waals surface area (Å²) in [6.45, 7) is 1.82. The molecule has 5 heteroatoms. The largest absolute Gasteiger partial charge is 0.497 e. The highest BCUT2D eigenvalue weighted by molar-refractivity contribution is 6.02. The highest BCUT2D eigenvalue weighted by atomic mass is 16.5. The molecule has 0 aliphatic rings. The van der Waals surface area contributed by atoms with E-state index in [-0.39, 0.29) is 0 Å². The fraction of sp³-hybridized carbons (Fsp3) is 0.200. The first-order valence-corrected chi connectivity index (χ1v) is 6.10. The standard InChI is InChI=1S/C15H16N2O3/c1-10(16-17-15(18)20-3)11-4-5-13-9-14(19-2)7-6-12(13)8-11/h4-9H,1-3H3,(H,17,18)/b16-10+. The molecule has 1 amide bonds. The van der Waals surface area contributed by atoms with Crippen LogP contribution in [0.15, 0.2) is 41.5 Å². The second kappa shape index (κ2) is 6.06. The van der Waals surface area contributed by atoms with Gasteiger partial charge < -0.3 is 9.47 Å². The van der Waals surface area contributed by atoms with E-state index in [1.807, 2.05) is 43.3 Å². The Kier molecular flexibility index (Phi) is 4.20. The van der Waals surface area contributed by atoms with E-state index in [1.54, 1.807) is 7.11 Å². The van der Waals surface area contributed by atoms with Crippen LogP contribution in [0.1, 0.15) is 12.5 Å². The molecule has 0 aliphatic heterocycles. The van der Waals surface area contributed by atoms with Crippen LogP contribution in [0, 0.1) is 0 Å². The van der Waals surface area contributed by atoms with E-state index < -0.39 is 6.09 Å². The molecule has 0 fully saturated rings. The first kappa shape index (κ1) is 13.9. The van der Waals surface area contributed by atoms with Crippen molar-refractivity contribution in [2.45, 2.75) is 6.92 Å². The number of amides is 1. The van der Waals surface area contributed by atoms with Gasteiger partial charge in [-0.25, -0.2) is 10.2 Å². The number of ether oxygens (including phenoxy) is 2. The molecule has 20 heavy (non-hydrogen) atoms. The van der Waals surface area contributed by atoms with Gasteiger partial charge in [0.15, 0.2) is 0 Å². The Morgan fingerprint density at radius 1 is 1.10 bits per heavy atom. The van der Waals surface area contributed by atoms with E-state index in [0.29, 0.717) is 5.71 Å². The molecular formula is C15H16N2O3. The normalized spacial score (nSPS) is 11.2. The molecule has 0 spiro atoms. The van der Waals surface area contributed by atoms with Gasteiger partial charge in [-0.2, -0.15) is 5.10 Å². The number of nitrogens with one attached hydrogen (secondary N) is 1. The second-order valence-corrected chi connectivity index (χ2v) is 4.23. The molecule has 104 valence electrons. The summed E-state index contributed by atoms with van der Waals surface area (Å²) in [5.41, 5.74) is 3.94. The Hall–Kier alpha value is -2.56. The summed E-state index contributed by atoms with van der Waals surface area (Å²) in [7, 11) is 2.94. The number of nitrogens with zero attached hydrogens (tertiary/aromatic N) is 1. The lowest BCUT2D eigenvalue weighted by molar-refractivity contribution is 0.171. The Morgan fingerprint density at radius 3 is 2.50 bits per heavy atom. The lowest BCUT2D eigenvalue weighted by Crippen LogP contribution is -2.18. The fourth-order valence-electron chi connectivity index (χ4n) is 1.82. The van der Waals surface area contributed by atoms with Crippen LogP contribution in [0.25, 0.3) is 10.8 Å². The summed E-state index contributed by atoms with van der Waals surface area (Å²) in [5, 5.41) is 6.14. The molecular weight excluding hydrogens is 256 g/mol. The maximum absolute atomic E-state index is 11.0. The van der Waals surface area contributed by atoms with Gasteiger partial charge in [-0.1, -0.05) is 18.2 Å². The van der Waals surface area contributed by atoms with Gasteiger partial charge in [0.2, 0.25) is 0 Å². The van der Waals surface area contributed by atoms with E-state index in [9.17, 15) is 4.79 Å². The summed E-state index contributed by atoms with van der Waals surface area (Å²) < 4.78 is 9.65. The molecule has 0 saturated carbocycles. The number of carbonyl (C=O) groups excluding carboxylic acids is 1. The highest BCUT2D eigenvalue weighted by Gasteiger charge is 2.02. The van der Waals surface area contributed by atoms with Crippen molar-refractivity contribution in [3.63, 3.8) is 0 Å². The molecule has 0 saturated heterocycles. The minimum atomic E-state index is -0.588. The number of rotatable bonds is 3. The molecule has 1 N–H and O–H groups in total. The number of hydrogen-bond acceptors (Lipinski definition) is 4. The Bertz CT molecular complexity index is 665. The Labute approximate surface area is 117 Å². The van der Waals surface area contributed by atoms with Crippen molar-refractivity contribution in [1.82, 2.24) is 5.43 Å². The van der Waals surface area contributed by atoms with Crippen LogP contribution >= 0.6 is 0 Å². The minimum absolute atomic E-state index is 0.588. The molecule has 0 unspecified atom stereocenters. The smallest absolute Gasteiger partial charge is 0.427 e. The molecule has 5 nitrogen and oxygen atoms in total. The van der Waals surface area contributed by atoms with Crippen LogP contribution in [-0.4, -0.2) is 26.0 Å². The van der Waals surface area contributed by atoms with Crippen molar-refractivity contribution in [1.29, 1.82) is 0 Å². The van der Waals surface area contributed by atoms with Crippen molar-refractivity contribution < 1.29 is 14.3 Å². The predicted molar refractivity (Wildman–Crippen MR) is 78.3 cm³/mol. The zero-order valence-corrected chi connectivity index (χ0v) is 11.6. The van der Waals surface area contributed by atoms with Gasteiger partial charge in [0.05, 0.1) is 19.9 Å². The van der Waals surface area contributed by atoms with Crippen LogP contribution in [0.5, 0.6) is 5.75 Å². The topological polar surface area (TPSA) is 59.9 Å². The minimum Gasteiger partial charge on any atom is -0.497 e. The highest BCUT2D eigenvalue weighted by Crippen LogP contribution is 2.22. The van der Waals surface area contributed by atoms with Crippen molar-refractivity contribution in [2.24, 2.45) is 5.10 Å². The third-order valence-corrected chi connectivity index (χ3v) is 2.97. The molecule has 0 radical (unpaired) electrons. The number of methoxy groups -OCH3 is 2. The van der Waals surface area contributed by atoms with E-state index in [4.69, 9.17) is 4.74 Å². The van der Waals surface area contributed by atoms with Crippen LogP contribution in [-0.2, 0) is 4.74 Å². The number of benzene rings is 2. The maximum atomic E-state index is 11.0.